The fourth-order valence-electron chi connectivity index (χ4n) is 2.14. The van der Waals surface area contributed by atoms with Gasteiger partial charge in [-0.25, -0.2) is 13.1 Å². The molecule has 0 aliphatic heterocycles. The van der Waals surface area contributed by atoms with Crippen molar-refractivity contribution in [2.45, 2.75) is 18.2 Å². The lowest BCUT2D eigenvalue weighted by molar-refractivity contribution is -0.118. The second-order valence-electron chi connectivity index (χ2n) is 5.50. The summed E-state index contributed by atoms with van der Waals surface area (Å²) < 4.78 is 31.7. The Morgan fingerprint density at radius 1 is 1.12 bits per heavy atom. The molecule has 7 heteroatoms. The van der Waals surface area contributed by atoms with Gasteiger partial charge in [-0.3, -0.25) is 4.79 Å². The van der Waals surface area contributed by atoms with Crippen LogP contribution in [0.15, 0.2) is 66.1 Å². The van der Waals surface area contributed by atoms with Gasteiger partial charge in [0.25, 0.3) is 5.91 Å². The minimum Gasteiger partial charge on any atom is -0.484 e. The van der Waals surface area contributed by atoms with Crippen LogP contribution < -0.4 is 14.8 Å². The topological polar surface area (TPSA) is 84.5 Å². The van der Waals surface area contributed by atoms with E-state index in [2.05, 4.69) is 23.5 Å². The highest BCUT2D eigenvalue weighted by molar-refractivity contribution is 7.89. The van der Waals surface area contributed by atoms with Gasteiger partial charge in [0.05, 0.1) is 4.90 Å². The Labute approximate surface area is 153 Å². The molecule has 0 aromatic heterocycles. The van der Waals surface area contributed by atoms with Gasteiger partial charge in [-0.1, -0.05) is 25.1 Å². The third-order valence-corrected chi connectivity index (χ3v) is 5.01. The Kier molecular flexibility index (Phi) is 6.94. The number of benzene rings is 2. The monoisotopic (exact) mass is 374 g/mol. The molecule has 0 atom stereocenters. The van der Waals surface area contributed by atoms with Crippen molar-refractivity contribution in [1.29, 1.82) is 0 Å². The van der Waals surface area contributed by atoms with Gasteiger partial charge in [0, 0.05) is 12.2 Å². The van der Waals surface area contributed by atoms with E-state index in [9.17, 15) is 13.2 Å². The Balaban J connectivity index is 1.89. The minimum absolute atomic E-state index is 0.115. The molecule has 0 saturated carbocycles. The molecule has 1 amide bonds. The number of aryl methyl sites for hydroxylation is 1. The van der Waals surface area contributed by atoms with Crippen molar-refractivity contribution in [2.75, 3.05) is 18.5 Å². The standard InChI is InChI=1S/C19H22N2O4S/c1-3-13-20-26(23,24)18-11-7-16(8-12-18)21-19(22)14-25-17-9-5-15(4-2)6-10-17/h3,5-12,20H,1,4,13-14H2,2H3,(H,21,22). The Bertz CT molecular complexity index is 844. The first-order valence-electron chi connectivity index (χ1n) is 8.17. The molecule has 2 N–H and O–H groups in total. The zero-order valence-electron chi connectivity index (χ0n) is 14.6. The molecule has 0 aliphatic carbocycles. The van der Waals surface area contributed by atoms with Gasteiger partial charge in [-0.15, -0.1) is 6.58 Å². The lowest BCUT2D eigenvalue weighted by Crippen LogP contribution is -2.23. The number of hydrogen-bond acceptors (Lipinski definition) is 4. The first-order chi connectivity index (χ1) is 12.4. The van der Waals surface area contributed by atoms with E-state index in [1.54, 1.807) is 0 Å². The van der Waals surface area contributed by atoms with Gasteiger partial charge in [-0.2, -0.15) is 0 Å². The fourth-order valence-corrected chi connectivity index (χ4v) is 3.14. The summed E-state index contributed by atoms with van der Waals surface area (Å²) in [4.78, 5) is 12.1. The molecule has 0 heterocycles. The Hall–Kier alpha value is -2.64. The van der Waals surface area contributed by atoms with Crippen molar-refractivity contribution in [3.05, 3.63) is 66.7 Å². The van der Waals surface area contributed by atoms with Crippen molar-refractivity contribution < 1.29 is 17.9 Å². The van der Waals surface area contributed by atoms with Crippen LogP contribution in [-0.4, -0.2) is 27.5 Å². The lowest BCUT2D eigenvalue weighted by Gasteiger charge is -2.09. The van der Waals surface area contributed by atoms with E-state index < -0.39 is 10.0 Å². The van der Waals surface area contributed by atoms with E-state index in [-0.39, 0.29) is 24.0 Å². The van der Waals surface area contributed by atoms with Gasteiger partial charge in [0.2, 0.25) is 10.0 Å². The molecule has 2 aromatic carbocycles. The second kappa shape index (κ2) is 9.17. The summed E-state index contributed by atoms with van der Waals surface area (Å²) in [5.41, 5.74) is 1.68. The van der Waals surface area contributed by atoms with Crippen LogP contribution in [0.5, 0.6) is 5.75 Å². The number of carbonyl (C=O) groups excluding carboxylic acids is 1. The predicted octanol–water partition coefficient (Wildman–Crippen LogP) is 2.73. The van der Waals surface area contributed by atoms with E-state index in [0.29, 0.717) is 11.4 Å². The maximum absolute atomic E-state index is 12.0. The van der Waals surface area contributed by atoms with E-state index >= 15 is 0 Å². The number of nitrogens with one attached hydrogen (secondary N) is 2. The highest BCUT2D eigenvalue weighted by atomic mass is 32.2. The van der Waals surface area contributed by atoms with Gasteiger partial charge in [0.15, 0.2) is 6.61 Å². The normalized spacial score (nSPS) is 11.0. The summed E-state index contributed by atoms with van der Waals surface area (Å²) in [6.07, 6.45) is 2.40. The van der Waals surface area contributed by atoms with Gasteiger partial charge < -0.3 is 10.1 Å². The van der Waals surface area contributed by atoms with E-state index in [4.69, 9.17) is 4.74 Å². The summed E-state index contributed by atoms with van der Waals surface area (Å²) >= 11 is 0. The SMILES string of the molecule is C=CCNS(=O)(=O)c1ccc(NC(=O)COc2ccc(CC)cc2)cc1. The maximum Gasteiger partial charge on any atom is 0.262 e. The first-order valence-corrected chi connectivity index (χ1v) is 9.65. The van der Waals surface area contributed by atoms with Crippen molar-refractivity contribution >= 4 is 21.6 Å². The highest BCUT2D eigenvalue weighted by Gasteiger charge is 2.12. The molecule has 6 nitrogen and oxygen atoms in total. The van der Waals surface area contributed by atoms with Crippen LogP contribution in [-0.2, 0) is 21.2 Å². The Morgan fingerprint density at radius 2 is 1.77 bits per heavy atom. The molecule has 0 bridgehead atoms. The molecule has 2 rings (SSSR count). The third kappa shape index (κ3) is 5.72. The highest BCUT2D eigenvalue weighted by Crippen LogP contribution is 2.15. The third-order valence-electron chi connectivity index (χ3n) is 3.57. The molecule has 0 radical (unpaired) electrons. The molecule has 2 aromatic rings. The van der Waals surface area contributed by atoms with E-state index in [1.807, 2.05) is 24.3 Å². The van der Waals surface area contributed by atoms with Gasteiger partial charge in [-0.05, 0) is 48.4 Å². The summed E-state index contributed by atoms with van der Waals surface area (Å²) in [7, 11) is -3.58. The summed E-state index contributed by atoms with van der Waals surface area (Å²) in [5, 5.41) is 2.66. The van der Waals surface area contributed by atoms with Crippen molar-refractivity contribution in [3.63, 3.8) is 0 Å². The molecule has 0 aliphatic rings. The fraction of sp³-hybridized carbons (Fsp3) is 0.211. The van der Waals surface area contributed by atoms with Crippen LogP contribution in [0.2, 0.25) is 0 Å². The van der Waals surface area contributed by atoms with Crippen LogP contribution in [0.25, 0.3) is 0 Å². The molecule has 138 valence electrons. The van der Waals surface area contributed by atoms with Crippen LogP contribution in [0.1, 0.15) is 12.5 Å². The van der Waals surface area contributed by atoms with Crippen molar-refractivity contribution in [1.82, 2.24) is 4.72 Å². The summed E-state index contributed by atoms with van der Waals surface area (Å²) in [5.74, 6) is 0.289. The number of anilines is 1. The average Bonchev–Trinajstić information content (AvgIpc) is 2.65. The number of carbonyl (C=O) groups is 1. The molecular weight excluding hydrogens is 352 g/mol. The quantitative estimate of drug-likeness (QED) is 0.661. The average molecular weight is 374 g/mol. The zero-order chi connectivity index (χ0) is 19.0. The largest absolute Gasteiger partial charge is 0.484 e. The molecule has 0 fully saturated rings. The number of sulfonamides is 1. The number of rotatable bonds is 9. The minimum atomic E-state index is -3.58. The first kappa shape index (κ1) is 19.7. The smallest absolute Gasteiger partial charge is 0.262 e. The summed E-state index contributed by atoms with van der Waals surface area (Å²) in [6, 6.07) is 13.4. The van der Waals surface area contributed by atoms with Gasteiger partial charge in [0.1, 0.15) is 5.75 Å². The van der Waals surface area contributed by atoms with Crippen molar-refractivity contribution in [3.8, 4) is 5.75 Å². The van der Waals surface area contributed by atoms with Crippen LogP contribution >= 0.6 is 0 Å². The summed E-state index contributed by atoms with van der Waals surface area (Å²) in [6.45, 7) is 5.55. The predicted molar refractivity (Wildman–Crippen MR) is 102 cm³/mol. The molecule has 0 saturated heterocycles. The molecule has 0 unspecified atom stereocenters. The molecule has 0 spiro atoms. The number of ether oxygens (including phenoxy) is 1. The molecular formula is C19H22N2O4S. The van der Waals surface area contributed by atoms with Crippen LogP contribution in [0.4, 0.5) is 5.69 Å². The van der Waals surface area contributed by atoms with E-state index in [1.165, 1.54) is 35.9 Å². The lowest BCUT2D eigenvalue weighted by atomic mass is 10.2. The number of hydrogen-bond donors (Lipinski definition) is 2. The van der Waals surface area contributed by atoms with Gasteiger partial charge >= 0.3 is 0 Å². The van der Waals surface area contributed by atoms with Crippen LogP contribution in [0, 0.1) is 0 Å². The van der Waals surface area contributed by atoms with Crippen molar-refractivity contribution in [2.24, 2.45) is 0 Å². The zero-order valence-corrected chi connectivity index (χ0v) is 15.4. The number of amides is 1. The van der Waals surface area contributed by atoms with Crippen LogP contribution in [0.3, 0.4) is 0 Å². The Morgan fingerprint density at radius 3 is 2.35 bits per heavy atom. The molecule has 26 heavy (non-hydrogen) atoms. The second-order valence-corrected chi connectivity index (χ2v) is 7.27. The van der Waals surface area contributed by atoms with E-state index in [0.717, 1.165) is 6.42 Å². The maximum atomic E-state index is 12.0.